The summed E-state index contributed by atoms with van der Waals surface area (Å²) >= 11 is -0.457. The number of rotatable bonds is 2. The van der Waals surface area contributed by atoms with Gasteiger partial charge in [0.05, 0.1) is 0 Å². The van der Waals surface area contributed by atoms with Crippen LogP contribution in [-0.4, -0.2) is 0 Å². The van der Waals surface area contributed by atoms with Gasteiger partial charge in [-0.25, -0.2) is 0 Å². The van der Waals surface area contributed by atoms with Crippen molar-refractivity contribution >= 4 is 0 Å². The molecule has 0 aliphatic heterocycles. The van der Waals surface area contributed by atoms with Crippen molar-refractivity contribution in [2.24, 2.45) is 0 Å². The minimum atomic E-state index is -0.457. The average molecular weight is 334 g/mol. The maximum atomic E-state index is 2.48. The first kappa shape index (κ1) is 16.4. The summed E-state index contributed by atoms with van der Waals surface area (Å²) in [5, 5.41) is 0. The molecule has 2 rings (SSSR count). The maximum Gasteiger partial charge on any atom is -1.00 e. The topological polar surface area (TPSA) is 0 Å². The molecule has 2 aliphatic rings. The van der Waals surface area contributed by atoms with Crippen molar-refractivity contribution in [2.45, 2.75) is 30.3 Å². The van der Waals surface area contributed by atoms with Crippen molar-refractivity contribution in [2.75, 3.05) is 0 Å². The molecule has 86 valence electrons. The van der Waals surface area contributed by atoms with Crippen molar-refractivity contribution in [3.63, 3.8) is 0 Å². The van der Waals surface area contributed by atoms with Crippen molar-refractivity contribution in [3.8, 4) is 0 Å². The molecule has 0 aromatic carbocycles. The van der Waals surface area contributed by atoms with E-state index >= 15 is 0 Å². The van der Waals surface area contributed by atoms with Gasteiger partial charge in [0.25, 0.3) is 0 Å². The van der Waals surface area contributed by atoms with Gasteiger partial charge in [0.1, 0.15) is 0 Å². The molecule has 0 N–H and O–H groups in total. The number of hydrogen-bond acceptors (Lipinski definition) is 0. The van der Waals surface area contributed by atoms with Crippen LogP contribution in [0.4, 0.5) is 0 Å². The molecule has 0 aromatic rings. The molecule has 0 saturated heterocycles. The number of halogens is 2. The molecule has 0 heterocycles. The molecule has 0 spiro atoms. The van der Waals surface area contributed by atoms with E-state index in [1.165, 1.54) is 12.0 Å². The molecular weight excluding hydrogens is 318 g/mol. The summed E-state index contributed by atoms with van der Waals surface area (Å²) in [6, 6.07) is 0. The van der Waals surface area contributed by atoms with Gasteiger partial charge in [0.15, 0.2) is 0 Å². The molecule has 0 radical (unpaired) electrons. The molecule has 1 atom stereocenters. The van der Waals surface area contributed by atoms with Crippen molar-refractivity contribution < 1.29 is 48.0 Å². The van der Waals surface area contributed by atoms with Gasteiger partial charge in [-0.05, 0) is 0 Å². The zero-order valence-electron chi connectivity index (χ0n) is 9.85. The minimum Gasteiger partial charge on any atom is -1.00 e. The number of hydrogen-bond donors (Lipinski definition) is 0. The SMILES string of the molecule is CC1=C[C](C)([Zr+2][C]2=CC=CC2)C(C)=C1.[Cl-].[Cl-]. The van der Waals surface area contributed by atoms with Crippen LogP contribution in [0.2, 0.25) is 3.12 Å². The summed E-state index contributed by atoms with van der Waals surface area (Å²) in [5.41, 5.74) is 3.03. The van der Waals surface area contributed by atoms with Crippen LogP contribution in [0.25, 0.3) is 0 Å². The zero-order chi connectivity index (χ0) is 10.2. The van der Waals surface area contributed by atoms with Crippen LogP contribution in [0, 0.1) is 0 Å². The van der Waals surface area contributed by atoms with Gasteiger partial charge in [-0.2, -0.15) is 0 Å². The predicted octanol–water partition coefficient (Wildman–Crippen LogP) is -1.99. The van der Waals surface area contributed by atoms with E-state index in [4.69, 9.17) is 0 Å². The van der Waals surface area contributed by atoms with Gasteiger partial charge in [0, 0.05) is 0 Å². The fraction of sp³-hybridized carbons (Fsp3) is 0.385. The van der Waals surface area contributed by atoms with Crippen molar-refractivity contribution in [1.82, 2.24) is 0 Å². The van der Waals surface area contributed by atoms with Crippen LogP contribution in [-0.2, 0) is 23.2 Å². The Morgan fingerprint density at radius 3 is 2.38 bits per heavy atom. The van der Waals surface area contributed by atoms with Gasteiger partial charge < -0.3 is 24.8 Å². The van der Waals surface area contributed by atoms with Crippen LogP contribution in [0.15, 0.2) is 44.8 Å². The molecule has 0 saturated carbocycles. The average Bonchev–Trinajstić information content (AvgIpc) is 2.62. The molecular formula is C13H16Cl2Zr. The summed E-state index contributed by atoms with van der Waals surface area (Å²) in [6.07, 6.45) is 12.9. The van der Waals surface area contributed by atoms with Crippen LogP contribution < -0.4 is 24.8 Å². The Bertz CT molecular complexity index is 377. The van der Waals surface area contributed by atoms with E-state index in [-0.39, 0.29) is 24.8 Å². The fourth-order valence-corrected chi connectivity index (χ4v) is 6.13. The van der Waals surface area contributed by atoms with E-state index in [9.17, 15) is 0 Å². The molecule has 1 unspecified atom stereocenters. The van der Waals surface area contributed by atoms with E-state index in [0.717, 1.165) is 0 Å². The van der Waals surface area contributed by atoms with Crippen LogP contribution in [0.3, 0.4) is 0 Å². The summed E-state index contributed by atoms with van der Waals surface area (Å²) < 4.78 is 2.18. The Morgan fingerprint density at radius 2 is 1.94 bits per heavy atom. The van der Waals surface area contributed by atoms with E-state index in [2.05, 4.69) is 51.2 Å². The molecule has 2 aliphatic carbocycles. The summed E-state index contributed by atoms with van der Waals surface area (Å²) in [4.78, 5) is 0. The third-order valence-electron chi connectivity index (χ3n) is 2.97. The molecule has 16 heavy (non-hydrogen) atoms. The molecule has 0 aromatic heterocycles. The van der Waals surface area contributed by atoms with Crippen molar-refractivity contribution in [1.29, 1.82) is 0 Å². The third-order valence-corrected chi connectivity index (χ3v) is 7.27. The Morgan fingerprint density at radius 1 is 1.25 bits per heavy atom. The zero-order valence-corrected chi connectivity index (χ0v) is 13.8. The second kappa shape index (κ2) is 6.38. The van der Waals surface area contributed by atoms with Gasteiger partial charge in [-0.15, -0.1) is 0 Å². The van der Waals surface area contributed by atoms with Crippen molar-refractivity contribution in [3.05, 3.63) is 44.8 Å². The summed E-state index contributed by atoms with van der Waals surface area (Å²) in [5.74, 6) is 0. The monoisotopic (exact) mass is 332 g/mol. The molecule has 0 bridgehead atoms. The van der Waals surface area contributed by atoms with Crippen LogP contribution >= 0.6 is 0 Å². The van der Waals surface area contributed by atoms with Gasteiger partial charge in [0.2, 0.25) is 0 Å². The van der Waals surface area contributed by atoms with E-state index in [1.54, 1.807) is 8.85 Å². The first-order chi connectivity index (χ1) is 6.60. The van der Waals surface area contributed by atoms with Crippen LogP contribution in [0.1, 0.15) is 27.2 Å². The summed E-state index contributed by atoms with van der Waals surface area (Å²) in [7, 11) is 0. The second-order valence-electron chi connectivity index (χ2n) is 4.37. The Labute approximate surface area is 122 Å². The smallest absolute Gasteiger partial charge is 1.00 e. The van der Waals surface area contributed by atoms with E-state index < -0.39 is 23.2 Å². The van der Waals surface area contributed by atoms with Gasteiger partial charge >= 0.3 is 98.4 Å². The van der Waals surface area contributed by atoms with Crippen LogP contribution in [0.5, 0.6) is 0 Å². The Hall–Kier alpha value is 0.423. The molecule has 3 heteroatoms. The Kier molecular flexibility index (Phi) is 6.55. The molecule has 0 amide bonds. The predicted molar refractivity (Wildman–Crippen MR) is 57.7 cm³/mol. The first-order valence-corrected chi connectivity index (χ1v) is 7.58. The largest absolute Gasteiger partial charge is 1.00 e. The molecule has 0 nitrogen and oxygen atoms in total. The standard InChI is InChI=1S/C8H11.C5H5.2ClH.Zr/c1-6-4-7(2)8(3)5-6;1-2-4-5-3-1;;;/h4-5H,1-3H3;1-3H,4H2;2*1H;/q;;;;+2/p-2. The summed E-state index contributed by atoms with van der Waals surface area (Å²) in [6.45, 7) is 6.92. The third kappa shape index (κ3) is 3.46. The minimum absolute atomic E-state index is 0. The number of allylic oxidation sites excluding steroid dienone is 8. The van der Waals surface area contributed by atoms with Gasteiger partial charge in [-0.1, -0.05) is 0 Å². The molecule has 0 fully saturated rings. The van der Waals surface area contributed by atoms with E-state index in [1.807, 2.05) is 0 Å². The quantitative estimate of drug-likeness (QED) is 0.548. The normalized spacial score (nSPS) is 26.1. The van der Waals surface area contributed by atoms with Gasteiger partial charge in [-0.3, -0.25) is 0 Å². The maximum absolute atomic E-state index is 2.48. The van der Waals surface area contributed by atoms with E-state index in [0.29, 0.717) is 3.12 Å². The fourth-order valence-electron chi connectivity index (χ4n) is 2.11. The second-order valence-corrected chi connectivity index (χ2v) is 9.11. The Balaban J connectivity index is 0.00000112. The first-order valence-electron chi connectivity index (χ1n) is 5.12.